The van der Waals surface area contributed by atoms with Crippen molar-refractivity contribution >= 4 is 22.8 Å². The molecule has 3 aromatic rings. The number of nitrogens with one attached hydrogen (secondary N) is 1. The van der Waals surface area contributed by atoms with Crippen molar-refractivity contribution in [2.24, 2.45) is 14.1 Å². The molecule has 160 valence electrons. The van der Waals surface area contributed by atoms with Gasteiger partial charge in [0.25, 0.3) is 5.56 Å². The Bertz CT molecular complexity index is 1160. The van der Waals surface area contributed by atoms with Crippen molar-refractivity contribution in [1.82, 2.24) is 23.7 Å². The molecule has 0 saturated heterocycles. The molecule has 0 radical (unpaired) electrons. The number of pyridine rings is 1. The van der Waals surface area contributed by atoms with Crippen LogP contribution < -0.4 is 21.3 Å². The largest absolute Gasteiger partial charge is 0.474 e. The third-order valence-corrected chi connectivity index (χ3v) is 4.59. The number of nitrogens with zero attached hydrogens (tertiary/aromatic N) is 5. The Kier molecular flexibility index (Phi) is 6.62. The molecular weight excluding hydrogens is 392 g/mol. The monoisotopic (exact) mass is 416 g/mol. The van der Waals surface area contributed by atoms with Crippen LogP contribution in [0, 0.1) is 0 Å². The average molecular weight is 416 g/mol. The van der Waals surface area contributed by atoms with E-state index >= 15 is 0 Å². The number of carbonyl (C=O) groups excluding carboxylic acids is 1. The minimum absolute atomic E-state index is 0.204. The Morgan fingerprint density at radius 3 is 2.73 bits per heavy atom. The number of rotatable bonds is 9. The standard InChI is InChI=1S/C19H24N6O5/c1-23-16-15(18(27)24(2)19(23)28)25(12-21-16)9-5-7-14(26)22-13-6-4-8-20-17(13)30-11-10-29-3/h4,6,8,12H,5,7,9-11H2,1-3H3,(H,22,26). The van der Waals surface area contributed by atoms with Gasteiger partial charge in [-0.05, 0) is 18.6 Å². The highest BCUT2D eigenvalue weighted by Gasteiger charge is 2.15. The fourth-order valence-corrected chi connectivity index (χ4v) is 3.01. The SMILES string of the molecule is COCCOc1ncccc1NC(=O)CCCn1cnc2c1c(=O)n(C)c(=O)n2C. The lowest BCUT2D eigenvalue weighted by atomic mass is 10.2. The second-order valence-corrected chi connectivity index (χ2v) is 6.67. The minimum Gasteiger partial charge on any atom is -0.474 e. The number of fused-ring (bicyclic) bond motifs is 1. The predicted molar refractivity (Wildman–Crippen MR) is 110 cm³/mol. The first-order valence-electron chi connectivity index (χ1n) is 9.41. The minimum atomic E-state index is -0.433. The quantitative estimate of drug-likeness (QED) is 0.497. The highest BCUT2D eigenvalue weighted by Crippen LogP contribution is 2.20. The van der Waals surface area contributed by atoms with Crippen LogP contribution >= 0.6 is 0 Å². The van der Waals surface area contributed by atoms with Crippen LogP contribution in [0.3, 0.4) is 0 Å². The van der Waals surface area contributed by atoms with Crippen LogP contribution in [0.2, 0.25) is 0 Å². The molecule has 0 aliphatic carbocycles. The van der Waals surface area contributed by atoms with Gasteiger partial charge in [0, 0.05) is 40.4 Å². The molecule has 0 atom stereocenters. The lowest BCUT2D eigenvalue weighted by Gasteiger charge is -2.11. The Morgan fingerprint density at radius 1 is 1.17 bits per heavy atom. The van der Waals surface area contributed by atoms with Crippen molar-refractivity contribution < 1.29 is 14.3 Å². The number of amides is 1. The molecule has 1 N–H and O–H groups in total. The van der Waals surface area contributed by atoms with E-state index in [0.29, 0.717) is 48.9 Å². The number of imidazole rings is 1. The summed E-state index contributed by atoms with van der Waals surface area (Å²) >= 11 is 0. The van der Waals surface area contributed by atoms with Crippen LogP contribution in [0.5, 0.6) is 5.88 Å². The summed E-state index contributed by atoms with van der Waals surface area (Å²) in [5, 5.41) is 2.79. The predicted octanol–water partition coefficient (Wildman–Crippen LogP) is 0.273. The summed E-state index contributed by atoms with van der Waals surface area (Å²) in [5.74, 6) is 0.122. The Labute approximate surface area is 171 Å². The number of hydrogen-bond donors (Lipinski definition) is 1. The van der Waals surface area contributed by atoms with Gasteiger partial charge in [0.15, 0.2) is 11.2 Å². The molecule has 0 fully saturated rings. The topological polar surface area (TPSA) is 122 Å². The molecule has 30 heavy (non-hydrogen) atoms. The van der Waals surface area contributed by atoms with Crippen LogP contribution in [-0.4, -0.2) is 49.9 Å². The number of aryl methyl sites for hydroxylation is 2. The van der Waals surface area contributed by atoms with Crippen LogP contribution in [0.1, 0.15) is 12.8 Å². The second-order valence-electron chi connectivity index (χ2n) is 6.67. The number of carbonyl (C=O) groups is 1. The van der Waals surface area contributed by atoms with E-state index < -0.39 is 11.2 Å². The summed E-state index contributed by atoms with van der Waals surface area (Å²) in [6, 6.07) is 3.41. The van der Waals surface area contributed by atoms with Crippen molar-refractivity contribution in [3.8, 4) is 5.88 Å². The van der Waals surface area contributed by atoms with Crippen LogP contribution in [0.4, 0.5) is 5.69 Å². The number of aromatic nitrogens is 5. The van der Waals surface area contributed by atoms with Crippen molar-refractivity contribution in [1.29, 1.82) is 0 Å². The molecule has 0 aromatic carbocycles. The van der Waals surface area contributed by atoms with Gasteiger partial charge in [-0.2, -0.15) is 0 Å². The number of hydrogen-bond acceptors (Lipinski definition) is 7. The highest BCUT2D eigenvalue weighted by atomic mass is 16.5. The zero-order valence-corrected chi connectivity index (χ0v) is 17.1. The molecule has 11 heteroatoms. The van der Waals surface area contributed by atoms with Gasteiger partial charge < -0.3 is 19.4 Å². The molecule has 0 bridgehead atoms. The molecule has 1 amide bonds. The molecule has 3 rings (SSSR count). The van der Waals surface area contributed by atoms with Crippen molar-refractivity contribution in [2.75, 3.05) is 25.6 Å². The van der Waals surface area contributed by atoms with E-state index in [1.165, 1.54) is 17.9 Å². The Hall–Kier alpha value is -3.47. The third-order valence-electron chi connectivity index (χ3n) is 4.59. The first-order valence-corrected chi connectivity index (χ1v) is 9.41. The van der Waals surface area contributed by atoms with E-state index in [4.69, 9.17) is 9.47 Å². The van der Waals surface area contributed by atoms with Gasteiger partial charge in [-0.3, -0.25) is 18.7 Å². The van der Waals surface area contributed by atoms with Crippen LogP contribution in [0.25, 0.3) is 11.2 Å². The zero-order valence-electron chi connectivity index (χ0n) is 17.1. The van der Waals surface area contributed by atoms with Crippen LogP contribution in [0.15, 0.2) is 34.2 Å². The molecule has 3 aromatic heterocycles. The normalized spacial score (nSPS) is 11.0. The van der Waals surface area contributed by atoms with Crippen LogP contribution in [-0.2, 0) is 30.2 Å². The summed E-state index contributed by atoms with van der Waals surface area (Å²) < 4.78 is 14.5. The maximum atomic E-state index is 12.4. The summed E-state index contributed by atoms with van der Waals surface area (Å²) in [4.78, 5) is 45.1. The van der Waals surface area contributed by atoms with E-state index in [0.717, 1.165) is 4.57 Å². The number of methoxy groups -OCH3 is 1. The van der Waals surface area contributed by atoms with E-state index in [9.17, 15) is 14.4 Å². The van der Waals surface area contributed by atoms with Gasteiger partial charge in [-0.25, -0.2) is 14.8 Å². The smallest absolute Gasteiger partial charge is 0.332 e. The molecular formula is C19H24N6O5. The molecule has 0 unspecified atom stereocenters. The first kappa shape index (κ1) is 21.2. The number of anilines is 1. The lowest BCUT2D eigenvalue weighted by molar-refractivity contribution is -0.116. The van der Waals surface area contributed by atoms with Gasteiger partial charge in [0.05, 0.1) is 12.9 Å². The molecule has 11 nitrogen and oxygen atoms in total. The van der Waals surface area contributed by atoms with E-state index in [1.807, 2.05) is 0 Å². The average Bonchev–Trinajstić information content (AvgIpc) is 3.16. The third kappa shape index (κ3) is 4.40. The summed E-state index contributed by atoms with van der Waals surface area (Å²) in [6.45, 7) is 1.14. The Morgan fingerprint density at radius 2 is 1.97 bits per heavy atom. The summed E-state index contributed by atoms with van der Waals surface area (Å²) in [6.07, 6.45) is 3.78. The Balaban J connectivity index is 1.64. The first-order chi connectivity index (χ1) is 14.4. The zero-order chi connectivity index (χ0) is 21.7. The lowest BCUT2D eigenvalue weighted by Crippen LogP contribution is -2.37. The second kappa shape index (κ2) is 9.35. The molecule has 0 aliphatic rings. The van der Waals surface area contributed by atoms with E-state index in [-0.39, 0.29) is 12.3 Å². The number of ether oxygens (including phenoxy) is 2. The van der Waals surface area contributed by atoms with Gasteiger partial charge in [-0.1, -0.05) is 0 Å². The fraction of sp³-hybridized carbons (Fsp3) is 0.421. The van der Waals surface area contributed by atoms with Crippen molar-refractivity contribution in [3.63, 3.8) is 0 Å². The highest BCUT2D eigenvalue weighted by molar-refractivity contribution is 5.91. The van der Waals surface area contributed by atoms with E-state index in [1.54, 1.807) is 37.1 Å². The molecule has 0 aliphatic heterocycles. The maximum absolute atomic E-state index is 12.4. The summed E-state index contributed by atoms with van der Waals surface area (Å²) in [7, 11) is 4.56. The fourth-order valence-electron chi connectivity index (χ4n) is 3.01. The van der Waals surface area contributed by atoms with Gasteiger partial charge in [0.2, 0.25) is 11.8 Å². The van der Waals surface area contributed by atoms with Gasteiger partial charge >= 0.3 is 5.69 Å². The van der Waals surface area contributed by atoms with Crippen molar-refractivity contribution in [2.45, 2.75) is 19.4 Å². The molecule has 3 heterocycles. The van der Waals surface area contributed by atoms with E-state index in [2.05, 4.69) is 15.3 Å². The molecule has 0 spiro atoms. The molecule has 0 saturated carbocycles. The van der Waals surface area contributed by atoms with Crippen molar-refractivity contribution in [3.05, 3.63) is 45.5 Å². The summed E-state index contributed by atoms with van der Waals surface area (Å²) in [5.41, 5.74) is 0.290. The van der Waals surface area contributed by atoms with Gasteiger partial charge in [-0.15, -0.1) is 0 Å². The maximum Gasteiger partial charge on any atom is 0.332 e. The van der Waals surface area contributed by atoms with Gasteiger partial charge in [0.1, 0.15) is 12.3 Å².